The molecule has 0 aliphatic heterocycles. The van der Waals surface area contributed by atoms with E-state index in [-0.39, 0.29) is 5.41 Å². The Hall–Kier alpha value is -1.53. The second-order valence-corrected chi connectivity index (χ2v) is 6.02. The topological polar surface area (TPSA) is 45.0 Å². The largest absolute Gasteiger partial charge is 0.497 e. The molecule has 0 aromatic heterocycles. The number of hydrogen-bond donors (Lipinski definition) is 1. The zero-order valence-electron chi connectivity index (χ0n) is 11.9. The van der Waals surface area contributed by atoms with Crippen LogP contribution in [0.3, 0.4) is 0 Å². The van der Waals surface area contributed by atoms with Crippen LogP contribution in [0, 0.1) is 16.7 Å². The van der Waals surface area contributed by atoms with Crippen molar-refractivity contribution in [3.05, 3.63) is 29.8 Å². The van der Waals surface area contributed by atoms with Gasteiger partial charge in [-0.2, -0.15) is 5.26 Å². The van der Waals surface area contributed by atoms with Crippen molar-refractivity contribution >= 4 is 0 Å². The van der Waals surface area contributed by atoms with Crippen LogP contribution in [0.25, 0.3) is 0 Å². The minimum absolute atomic E-state index is 0.277. The van der Waals surface area contributed by atoms with Gasteiger partial charge in [0.05, 0.1) is 18.6 Å². The van der Waals surface area contributed by atoms with Crippen LogP contribution in [0.5, 0.6) is 5.75 Å². The van der Waals surface area contributed by atoms with Crippen molar-refractivity contribution in [1.82, 2.24) is 5.32 Å². The number of nitrogens with one attached hydrogen (secondary N) is 1. The molecule has 1 aliphatic carbocycles. The number of methoxy groups -OCH3 is 1. The summed E-state index contributed by atoms with van der Waals surface area (Å²) in [7, 11) is 1.70. The van der Waals surface area contributed by atoms with E-state index in [0.717, 1.165) is 25.1 Å². The van der Waals surface area contributed by atoms with Crippen molar-refractivity contribution in [2.45, 2.75) is 38.6 Å². The second-order valence-electron chi connectivity index (χ2n) is 6.02. The van der Waals surface area contributed by atoms with Crippen LogP contribution in [0.15, 0.2) is 24.3 Å². The number of nitrogens with zero attached hydrogens (tertiary/aromatic N) is 1. The minimum Gasteiger partial charge on any atom is -0.497 e. The molecule has 1 fully saturated rings. The van der Waals surface area contributed by atoms with E-state index in [1.165, 1.54) is 5.56 Å². The van der Waals surface area contributed by atoms with E-state index in [1.807, 2.05) is 26.0 Å². The maximum absolute atomic E-state index is 8.98. The van der Waals surface area contributed by atoms with Gasteiger partial charge in [0.1, 0.15) is 5.75 Å². The lowest BCUT2D eigenvalue weighted by Crippen LogP contribution is -2.43. The summed E-state index contributed by atoms with van der Waals surface area (Å²) in [5, 5.41) is 12.5. The summed E-state index contributed by atoms with van der Waals surface area (Å²) in [5.41, 5.74) is 1.08. The fourth-order valence-electron chi connectivity index (χ4n) is 2.39. The van der Waals surface area contributed by atoms with Gasteiger partial charge in [0, 0.05) is 12.6 Å². The Balaban J connectivity index is 1.81. The van der Waals surface area contributed by atoms with Gasteiger partial charge in [-0.1, -0.05) is 12.1 Å². The molecule has 0 amide bonds. The predicted molar refractivity (Wildman–Crippen MR) is 76.2 cm³/mol. The first-order chi connectivity index (χ1) is 9.04. The average Bonchev–Trinajstić information content (AvgIpc) is 2.37. The van der Waals surface area contributed by atoms with Gasteiger partial charge in [0.15, 0.2) is 0 Å². The van der Waals surface area contributed by atoms with Crippen molar-refractivity contribution in [2.75, 3.05) is 13.7 Å². The molecule has 3 heteroatoms. The van der Waals surface area contributed by atoms with Gasteiger partial charge in [0.25, 0.3) is 0 Å². The molecule has 0 saturated heterocycles. The first kappa shape index (κ1) is 13.9. The summed E-state index contributed by atoms with van der Waals surface area (Å²) in [6.45, 7) is 4.70. The van der Waals surface area contributed by atoms with Gasteiger partial charge in [-0.3, -0.25) is 0 Å². The van der Waals surface area contributed by atoms with Crippen molar-refractivity contribution in [2.24, 2.45) is 5.41 Å². The number of nitriles is 1. The van der Waals surface area contributed by atoms with Crippen LogP contribution < -0.4 is 10.1 Å². The molecule has 1 N–H and O–H groups in total. The average molecular weight is 258 g/mol. The van der Waals surface area contributed by atoms with Crippen LogP contribution >= 0.6 is 0 Å². The third-order valence-electron chi connectivity index (χ3n) is 3.84. The Morgan fingerprint density at radius 2 is 2.16 bits per heavy atom. The Morgan fingerprint density at radius 3 is 2.79 bits per heavy atom. The Bertz CT molecular complexity index is 470. The molecular formula is C16H22N2O. The monoisotopic (exact) mass is 258 g/mol. The van der Waals surface area contributed by atoms with Crippen LogP contribution in [0.4, 0.5) is 0 Å². The lowest BCUT2D eigenvalue weighted by molar-refractivity contribution is 0.267. The Labute approximate surface area is 115 Å². The molecule has 0 atom stereocenters. The van der Waals surface area contributed by atoms with Crippen molar-refractivity contribution in [3.8, 4) is 11.8 Å². The molecule has 1 aromatic carbocycles. The van der Waals surface area contributed by atoms with Crippen molar-refractivity contribution in [1.29, 1.82) is 5.26 Å². The zero-order chi connectivity index (χ0) is 13.9. The van der Waals surface area contributed by atoms with Gasteiger partial charge in [0.2, 0.25) is 0 Å². The molecule has 0 bridgehead atoms. The maximum atomic E-state index is 8.98. The summed E-state index contributed by atoms with van der Waals surface area (Å²) < 4.78 is 5.26. The molecular weight excluding hydrogens is 236 g/mol. The van der Waals surface area contributed by atoms with Gasteiger partial charge in [-0.05, 0) is 50.3 Å². The summed E-state index contributed by atoms with van der Waals surface area (Å²) in [6.07, 6.45) is 2.29. The highest BCUT2D eigenvalue weighted by Gasteiger charge is 2.31. The van der Waals surface area contributed by atoms with E-state index < -0.39 is 0 Å². The van der Waals surface area contributed by atoms with Crippen LogP contribution in [-0.2, 0) is 0 Å². The fraction of sp³-hybridized carbons (Fsp3) is 0.562. The van der Waals surface area contributed by atoms with E-state index in [2.05, 4.69) is 23.5 Å². The molecule has 2 rings (SSSR count). The first-order valence-electron chi connectivity index (χ1n) is 6.82. The molecule has 1 saturated carbocycles. The molecule has 3 nitrogen and oxygen atoms in total. The van der Waals surface area contributed by atoms with E-state index >= 15 is 0 Å². The number of ether oxygens (including phenoxy) is 1. The quantitative estimate of drug-likeness (QED) is 0.882. The minimum atomic E-state index is -0.277. The SMILES string of the molecule is COc1cccc(C2CC(NCC(C)(C)C#N)C2)c1. The normalized spacial score (nSPS) is 22.4. The molecule has 19 heavy (non-hydrogen) atoms. The number of benzene rings is 1. The van der Waals surface area contributed by atoms with Crippen LogP contribution in [0.1, 0.15) is 38.2 Å². The van der Waals surface area contributed by atoms with E-state index in [1.54, 1.807) is 7.11 Å². The first-order valence-corrected chi connectivity index (χ1v) is 6.82. The predicted octanol–water partition coefficient (Wildman–Crippen LogP) is 3.08. The van der Waals surface area contributed by atoms with Crippen molar-refractivity contribution < 1.29 is 4.74 Å². The van der Waals surface area contributed by atoms with E-state index in [4.69, 9.17) is 10.00 Å². The van der Waals surface area contributed by atoms with Gasteiger partial charge < -0.3 is 10.1 Å². The summed E-state index contributed by atoms with van der Waals surface area (Å²) in [6, 6.07) is 11.2. The molecule has 0 unspecified atom stereocenters. The number of hydrogen-bond acceptors (Lipinski definition) is 3. The molecule has 1 aliphatic rings. The summed E-state index contributed by atoms with van der Waals surface area (Å²) in [4.78, 5) is 0. The lowest BCUT2D eigenvalue weighted by Gasteiger charge is -2.37. The Kier molecular flexibility index (Phi) is 4.11. The molecule has 0 radical (unpaired) electrons. The fourth-order valence-corrected chi connectivity index (χ4v) is 2.39. The molecule has 0 heterocycles. The highest BCUT2D eigenvalue weighted by Crippen LogP contribution is 2.38. The van der Waals surface area contributed by atoms with Crippen molar-refractivity contribution in [3.63, 3.8) is 0 Å². The van der Waals surface area contributed by atoms with Gasteiger partial charge >= 0.3 is 0 Å². The standard InChI is InChI=1S/C16H22N2O/c1-16(2,10-17)11-18-14-7-13(8-14)12-5-4-6-15(9-12)19-3/h4-6,9,13-14,18H,7-8,11H2,1-3H3. The number of rotatable bonds is 5. The van der Waals surface area contributed by atoms with Crippen LogP contribution in [0.2, 0.25) is 0 Å². The Morgan fingerprint density at radius 1 is 1.42 bits per heavy atom. The van der Waals surface area contributed by atoms with E-state index in [0.29, 0.717) is 12.0 Å². The third-order valence-corrected chi connectivity index (χ3v) is 3.84. The summed E-state index contributed by atoms with van der Waals surface area (Å²) >= 11 is 0. The maximum Gasteiger partial charge on any atom is 0.119 e. The second kappa shape index (κ2) is 5.63. The third kappa shape index (κ3) is 3.48. The van der Waals surface area contributed by atoms with Gasteiger partial charge in [-0.15, -0.1) is 0 Å². The highest BCUT2D eigenvalue weighted by molar-refractivity contribution is 5.32. The molecule has 0 spiro atoms. The smallest absolute Gasteiger partial charge is 0.119 e. The molecule has 1 aromatic rings. The molecule has 102 valence electrons. The lowest BCUT2D eigenvalue weighted by atomic mass is 9.75. The van der Waals surface area contributed by atoms with Gasteiger partial charge in [-0.25, -0.2) is 0 Å². The summed E-state index contributed by atoms with van der Waals surface area (Å²) in [5.74, 6) is 1.55. The van der Waals surface area contributed by atoms with E-state index in [9.17, 15) is 0 Å². The zero-order valence-corrected chi connectivity index (χ0v) is 11.9. The highest BCUT2D eigenvalue weighted by atomic mass is 16.5. The van der Waals surface area contributed by atoms with Crippen LogP contribution in [-0.4, -0.2) is 19.7 Å².